The van der Waals surface area contributed by atoms with Crippen molar-refractivity contribution in [1.29, 1.82) is 0 Å². The molecule has 2 rings (SSSR count). The van der Waals surface area contributed by atoms with Gasteiger partial charge in [-0.25, -0.2) is 4.79 Å². The number of nitrogens with one attached hydrogen (secondary N) is 1. The Kier molecular flexibility index (Phi) is 5.52. The first-order valence-corrected chi connectivity index (χ1v) is 8.11. The third kappa shape index (κ3) is 4.38. The Balaban J connectivity index is 1.97. The normalized spacial score (nSPS) is 15.8. The van der Waals surface area contributed by atoms with Gasteiger partial charge in [0.1, 0.15) is 5.75 Å². The van der Waals surface area contributed by atoms with E-state index in [1.165, 1.54) is 5.56 Å². The molecule has 0 saturated heterocycles. The fourth-order valence-electron chi connectivity index (χ4n) is 3.11. The zero-order valence-corrected chi connectivity index (χ0v) is 14.8. The Hall–Kier alpha value is -1.75. The van der Waals surface area contributed by atoms with Gasteiger partial charge < -0.3 is 19.7 Å². The van der Waals surface area contributed by atoms with Crippen molar-refractivity contribution in [1.82, 2.24) is 10.2 Å². The second-order valence-electron chi connectivity index (χ2n) is 6.79. The predicted octanol–water partition coefficient (Wildman–Crippen LogP) is 2.97. The summed E-state index contributed by atoms with van der Waals surface area (Å²) in [7, 11) is 3.39. The summed E-state index contributed by atoms with van der Waals surface area (Å²) in [6, 6.07) is 6.06. The lowest BCUT2D eigenvalue weighted by molar-refractivity contribution is 0.00910. The van der Waals surface area contributed by atoms with Crippen molar-refractivity contribution in [3.05, 3.63) is 29.3 Å². The lowest BCUT2D eigenvalue weighted by Gasteiger charge is -2.32. The molecule has 1 aliphatic rings. The van der Waals surface area contributed by atoms with Crippen LogP contribution in [0.4, 0.5) is 4.79 Å². The van der Waals surface area contributed by atoms with E-state index >= 15 is 0 Å². The Morgan fingerprint density at radius 3 is 2.78 bits per heavy atom. The molecule has 5 nitrogen and oxygen atoms in total. The number of amides is 2. The number of urea groups is 1. The van der Waals surface area contributed by atoms with E-state index in [2.05, 4.69) is 11.4 Å². The van der Waals surface area contributed by atoms with Gasteiger partial charge in [-0.3, -0.25) is 0 Å². The van der Waals surface area contributed by atoms with Gasteiger partial charge in [0, 0.05) is 31.8 Å². The second kappa shape index (κ2) is 7.21. The summed E-state index contributed by atoms with van der Waals surface area (Å²) in [5.41, 5.74) is 2.14. The van der Waals surface area contributed by atoms with Crippen LogP contribution < -0.4 is 10.1 Å². The Labute approximate surface area is 139 Å². The topological polar surface area (TPSA) is 50.8 Å². The molecule has 1 atom stereocenters. The summed E-state index contributed by atoms with van der Waals surface area (Å²) in [6.07, 6.45) is 1.60. The monoisotopic (exact) mass is 320 g/mol. The van der Waals surface area contributed by atoms with E-state index in [9.17, 15) is 4.79 Å². The maximum atomic E-state index is 12.5. The molecular formula is C18H28N2O3. The molecule has 1 heterocycles. The predicted molar refractivity (Wildman–Crippen MR) is 90.8 cm³/mol. The molecule has 0 aliphatic carbocycles. The summed E-state index contributed by atoms with van der Waals surface area (Å²) in [4.78, 5) is 14.3. The molecule has 23 heavy (non-hydrogen) atoms. The zero-order valence-electron chi connectivity index (χ0n) is 14.8. The van der Waals surface area contributed by atoms with Crippen LogP contribution in [-0.4, -0.2) is 43.3 Å². The number of hydrogen-bond acceptors (Lipinski definition) is 3. The van der Waals surface area contributed by atoms with Gasteiger partial charge in [-0.05, 0) is 45.2 Å². The van der Waals surface area contributed by atoms with Crippen LogP contribution >= 0.6 is 0 Å². The van der Waals surface area contributed by atoms with Crippen LogP contribution in [0.5, 0.6) is 5.75 Å². The lowest BCUT2D eigenvalue weighted by atomic mass is 9.98. The highest BCUT2D eigenvalue weighted by Crippen LogP contribution is 2.27. The number of methoxy groups -OCH3 is 2. The van der Waals surface area contributed by atoms with Crippen molar-refractivity contribution in [2.75, 3.05) is 20.8 Å². The summed E-state index contributed by atoms with van der Waals surface area (Å²) in [5, 5.41) is 3.08. The minimum atomic E-state index is -0.242. The van der Waals surface area contributed by atoms with Crippen molar-refractivity contribution in [2.45, 2.75) is 51.8 Å². The minimum absolute atomic E-state index is 0.0159. The van der Waals surface area contributed by atoms with Crippen LogP contribution in [0, 0.1) is 0 Å². The summed E-state index contributed by atoms with van der Waals surface area (Å²) < 4.78 is 10.8. The van der Waals surface area contributed by atoms with E-state index in [4.69, 9.17) is 9.47 Å². The van der Waals surface area contributed by atoms with Crippen molar-refractivity contribution in [3.8, 4) is 5.75 Å². The summed E-state index contributed by atoms with van der Waals surface area (Å²) >= 11 is 0. The van der Waals surface area contributed by atoms with Crippen molar-refractivity contribution in [3.63, 3.8) is 0 Å². The molecule has 1 aliphatic heterocycles. The molecule has 0 spiro atoms. The van der Waals surface area contributed by atoms with Gasteiger partial charge in [0.05, 0.1) is 12.7 Å². The van der Waals surface area contributed by atoms with Crippen molar-refractivity contribution in [2.24, 2.45) is 0 Å². The number of ether oxygens (including phenoxy) is 2. The van der Waals surface area contributed by atoms with Crippen molar-refractivity contribution < 1.29 is 14.3 Å². The molecule has 0 fully saturated rings. The average molecular weight is 320 g/mol. The van der Waals surface area contributed by atoms with Gasteiger partial charge in [-0.15, -0.1) is 0 Å². The number of hydrogen-bond donors (Lipinski definition) is 1. The highest BCUT2D eigenvalue weighted by molar-refractivity contribution is 5.75. The molecule has 0 aromatic heterocycles. The minimum Gasteiger partial charge on any atom is -0.496 e. The van der Waals surface area contributed by atoms with Crippen LogP contribution in [0.1, 0.15) is 38.3 Å². The summed E-state index contributed by atoms with van der Waals surface area (Å²) in [5.74, 6) is 0.915. The van der Waals surface area contributed by atoms with Crippen molar-refractivity contribution >= 4 is 6.03 Å². The van der Waals surface area contributed by atoms with Crippen LogP contribution in [0.15, 0.2) is 18.2 Å². The highest BCUT2D eigenvalue weighted by atomic mass is 16.5. The molecule has 1 aromatic rings. The number of carbonyl (C=O) groups excluding carboxylic acids is 1. The first-order valence-electron chi connectivity index (χ1n) is 8.11. The molecule has 128 valence electrons. The number of fused-ring (bicyclic) bond motifs is 1. The molecule has 5 heteroatoms. The number of rotatable bonds is 5. The fourth-order valence-corrected chi connectivity index (χ4v) is 3.11. The SMILES string of the molecule is COc1cccc2c1CCN(C(=O)N[C@@H](C)CC(C)(C)OC)C2. The van der Waals surface area contributed by atoms with E-state index in [-0.39, 0.29) is 17.7 Å². The van der Waals surface area contributed by atoms with Gasteiger partial charge in [-0.1, -0.05) is 12.1 Å². The van der Waals surface area contributed by atoms with Gasteiger partial charge in [0.2, 0.25) is 0 Å². The second-order valence-corrected chi connectivity index (χ2v) is 6.79. The highest BCUT2D eigenvalue weighted by Gasteiger charge is 2.26. The Morgan fingerprint density at radius 1 is 1.39 bits per heavy atom. The van der Waals surface area contributed by atoms with Gasteiger partial charge >= 0.3 is 6.03 Å². The van der Waals surface area contributed by atoms with Gasteiger partial charge in [0.25, 0.3) is 0 Å². The van der Waals surface area contributed by atoms with Crippen LogP contribution in [0.25, 0.3) is 0 Å². The average Bonchev–Trinajstić information content (AvgIpc) is 2.53. The molecule has 0 saturated carbocycles. The first kappa shape index (κ1) is 17.6. The molecule has 0 radical (unpaired) electrons. The number of carbonyl (C=O) groups is 1. The van der Waals surface area contributed by atoms with E-state index in [1.54, 1.807) is 14.2 Å². The smallest absolute Gasteiger partial charge is 0.317 e. The third-order valence-electron chi connectivity index (χ3n) is 4.45. The molecule has 0 bridgehead atoms. The van der Waals surface area contributed by atoms with E-state index in [0.717, 1.165) is 24.2 Å². The largest absolute Gasteiger partial charge is 0.496 e. The van der Waals surface area contributed by atoms with Gasteiger partial charge in [-0.2, -0.15) is 0 Å². The number of benzene rings is 1. The van der Waals surface area contributed by atoms with Crippen LogP contribution in [0.3, 0.4) is 0 Å². The molecular weight excluding hydrogens is 292 g/mol. The van der Waals surface area contributed by atoms with Crippen LogP contribution in [0.2, 0.25) is 0 Å². The lowest BCUT2D eigenvalue weighted by Crippen LogP contribution is -2.47. The number of nitrogens with zero attached hydrogens (tertiary/aromatic N) is 1. The summed E-state index contributed by atoms with van der Waals surface area (Å²) in [6.45, 7) is 7.40. The molecule has 0 unspecified atom stereocenters. The Morgan fingerprint density at radius 2 is 2.13 bits per heavy atom. The maximum absolute atomic E-state index is 12.5. The zero-order chi connectivity index (χ0) is 17.0. The van der Waals surface area contributed by atoms with E-state index < -0.39 is 0 Å². The van der Waals surface area contributed by atoms with E-state index in [0.29, 0.717) is 13.1 Å². The van der Waals surface area contributed by atoms with Gasteiger partial charge in [0.15, 0.2) is 0 Å². The molecule has 2 amide bonds. The fraction of sp³-hybridized carbons (Fsp3) is 0.611. The van der Waals surface area contributed by atoms with E-state index in [1.807, 2.05) is 37.8 Å². The first-order chi connectivity index (χ1) is 10.9. The third-order valence-corrected chi connectivity index (χ3v) is 4.45. The standard InChI is InChI=1S/C18H28N2O3/c1-13(11-18(2,3)23-5)19-17(21)20-10-9-15-14(12-20)7-6-8-16(15)22-4/h6-8,13H,9-12H2,1-5H3,(H,19,21)/t13-/m0/s1. The van der Waals surface area contributed by atoms with Crippen LogP contribution in [-0.2, 0) is 17.7 Å². The molecule has 1 aromatic carbocycles. The molecule has 1 N–H and O–H groups in total. The quantitative estimate of drug-likeness (QED) is 0.907. The Bertz CT molecular complexity index is 557. The maximum Gasteiger partial charge on any atom is 0.317 e.